The van der Waals surface area contributed by atoms with Crippen LogP contribution in [0.3, 0.4) is 0 Å². The molecule has 36 heavy (non-hydrogen) atoms. The number of hydrogen-bond acceptors (Lipinski definition) is 4. The van der Waals surface area contributed by atoms with Crippen LogP contribution in [0, 0.1) is 6.92 Å². The number of nitrogens with zero attached hydrogens (tertiary/aromatic N) is 1. The first-order valence-corrected chi connectivity index (χ1v) is 11.1. The summed E-state index contributed by atoms with van der Waals surface area (Å²) in [5.41, 5.74) is 1.35. The SMILES string of the molecule is Cc1ccc(NC(=O)Cc2ccc(NC3=C(Cl)C(=O)N(c4cccc(C(F)(F)F)c4)C3=O)cc2)cc1. The van der Waals surface area contributed by atoms with Gasteiger partial charge in [-0.05, 0) is 55.0 Å². The van der Waals surface area contributed by atoms with Gasteiger partial charge in [0.2, 0.25) is 5.91 Å². The van der Waals surface area contributed by atoms with Gasteiger partial charge in [-0.3, -0.25) is 14.4 Å². The number of hydrogen-bond donors (Lipinski definition) is 2. The van der Waals surface area contributed by atoms with Crippen LogP contribution >= 0.6 is 11.6 Å². The van der Waals surface area contributed by atoms with Gasteiger partial charge in [-0.2, -0.15) is 13.2 Å². The number of carbonyl (C=O) groups is 3. The van der Waals surface area contributed by atoms with Crippen molar-refractivity contribution < 1.29 is 27.6 Å². The Morgan fingerprint density at radius 3 is 2.19 bits per heavy atom. The molecular weight excluding hydrogens is 495 g/mol. The molecule has 1 aliphatic rings. The van der Waals surface area contributed by atoms with Gasteiger partial charge in [0.1, 0.15) is 10.7 Å². The highest BCUT2D eigenvalue weighted by Gasteiger charge is 2.40. The number of benzene rings is 3. The summed E-state index contributed by atoms with van der Waals surface area (Å²) in [7, 11) is 0. The lowest BCUT2D eigenvalue weighted by Crippen LogP contribution is -2.32. The summed E-state index contributed by atoms with van der Waals surface area (Å²) in [6, 6.07) is 17.8. The van der Waals surface area contributed by atoms with E-state index in [1.54, 1.807) is 36.4 Å². The molecule has 3 aromatic carbocycles. The number of rotatable bonds is 6. The molecule has 0 bridgehead atoms. The van der Waals surface area contributed by atoms with E-state index in [4.69, 9.17) is 11.6 Å². The van der Waals surface area contributed by atoms with Crippen molar-refractivity contribution in [3.63, 3.8) is 0 Å². The van der Waals surface area contributed by atoms with Gasteiger partial charge >= 0.3 is 6.18 Å². The molecule has 10 heteroatoms. The standard InChI is InChI=1S/C26H19ClF3N3O3/c1-15-5-9-18(10-6-15)31-21(34)13-16-7-11-19(12-8-16)32-23-22(27)24(35)33(25(23)36)20-4-2-3-17(14-20)26(28,29)30/h2-12,14,32H,13H2,1H3,(H,31,34). The number of amides is 3. The summed E-state index contributed by atoms with van der Waals surface area (Å²) in [5, 5.41) is 5.11. The summed E-state index contributed by atoms with van der Waals surface area (Å²) in [6.45, 7) is 1.95. The van der Waals surface area contributed by atoms with Gasteiger partial charge in [-0.1, -0.05) is 47.5 Å². The highest BCUT2D eigenvalue weighted by Crippen LogP contribution is 2.35. The van der Waals surface area contributed by atoms with Crippen LogP contribution in [0.1, 0.15) is 16.7 Å². The van der Waals surface area contributed by atoms with Crippen molar-refractivity contribution >= 4 is 46.4 Å². The zero-order chi connectivity index (χ0) is 26.0. The topological polar surface area (TPSA) is 78.5 Å². The van der Waals surface area contributed by atoms with E-state index in [1.807, 2.05) is 19.1 Å². The van der Waals surface area contributed by atoms with Crippen molar-refractivity contribution in [1.29, 1.82) is 0 Å². The Balaban J connectivity index is 1.44. The van der Waals surface area contributed by atoms with Gasteiger partial charge in [-0.25, -0.2) is 4.90 Å². The van der Waals surface area contributed by atoms with Gasteiger partial charge in [0, 0.05) is 11.4 Å². The van der Waals surface area contributed by atoms with Gasteiger partial charge < -0.3 is 10.6 Å². The third kappa shape index (κ3) is 5.41. The van der Waals surface area contributed by atoms with Crippen LogP contribution in [-0.4, -0.2) is 17.7 Å². The van der Waals surface area contributed by atoms with Crippen LogP contribution in [0.25, 0.3) is 0 Å². The molecule has 1 aliphatic heterocycles. The fourth-order valence-corrected chi connectivity index (χ4v) is 3.76. The second-order valence-corrected chi connectivity index (χ2v) is 8.47. The highest BCUT2D eigenvalue weighted by molar-refractivity contribution is 6.53. The quantitative estimate of drug-likeness (QED) is 0.419. The fourth-order valence-electron chi connectivity index (χ4n) is 3.54. The van der Waals surface area contributed by atoms with Crippen LogP contribution in [-0.2, 0) is 27.0 Å². The number of carbonyl (C=O) groups excluding carboxylic acids is 3. The fraction of sp³-hybridized carbons (Fsp3) is 0.115. The summed E-state index contributed by atoms with van der Waals surface area (Å²) < 4.78 is 39.2. The molecule has 0 aliphatic carbocycles. The Bertz CT molecular complexity index is 1370. The molecule has 2 N–H and O–H groups in total. The molecule has 0 unspecified atom stereocenters. The van der Waals surface area contributed by atoms with E-state index in [-0.39, 0.29) is 23.7 Å². The van der Waals surface area contributed by atoms with Crippen molar-refractivity contribution in [2.75, 3.05) is 15.5 Å². The molecule has 184 valence electrons. The molecule has 0 aromatic heterocycles. The van der Waals surface area contributed by atoms with E-state index >= 15 is 0 Å². The van der Waals surface area contributed by atoms with E-state index in [2.05, 4.69) is 10.6 Å². The molecule has 1 heterocycles. The molecule has 3 amide bonds. The number of aryl methyl sites for hydroxylation is 1. The number of nitrogens with one attached hydrogen (secondary N) is 2. The van der Waals surface area contributed by atoms with Crippen molar-refractivity contribution in [2.24, 2.45) is 0 Å². The molecule has 0 radical (unpaired) electrons. The second kappa shape index (κ2) is 9.87. The normalized spacial score (nSPS) is 13.9. The van der Waals surface area contributed by atoms with Crippen molar-refractivity contribution in [1.82, 2.24) is 0 Å². The van der Waals surface area contributed by atoms with Crippen molar-refractivity contribution in [2.45, 2.75) is 19.5 Å². The molecular formula is C26H19ClF3N3O3. The number of anilines is 3. The average molecular weight is 514 g/mol. The minimum atomic E-state index is -4.64. The summed E-state index contributed by atoms with van der Waals surface area (Å²) in [6.07, 6.45) is -4.53. The Hall–Kier alpha value is -4.11. The minimum Gasteiger partial charge on any atom is -0.350 e. The van der Waals surface area contributed by atoms with E-state index in [0.29, 0.717) is 27.9 Å². The largest absolute Gasteiger partial charge is 0.416 e. The first-order chi connectivity index (χ1) is 17.0. The zero-order valence-corrected chi connectivity index (χ0v) is 19.6. The summed E-state index contributed by atoms with van der Waals surface area (Å²) in [4.78, 5) is 38.3. The monoisotopic (exact) mass is 513 g/mol. The lowest BCUT2D eigenvalue weighted by atomic mass is 10.1. The molecule has 3 aromatic rings. The number of imide groups is 1. The molecule has 0 saturated heterocycles. The van der Waals surface area contributed by atoms with Crippen molar-refractivity contribution in [3.05, 3.63) is 100 Å². The van der Waals surface area contributed by atoms with E-state index in [9.17, 15) is 27.6 Å². The molecule has 6 nitrogen and oxygen atoms in total. The van der Waals surface area contributed by atoms with Crippen LogP contribution in [0.4, 0.5) is 30.2 Å². The predicted molar refractivity (Wildman–Crippen MR) is 130 cm³/mol. The number of halogens is 4. The maximum absolute atomic E-state index is 13.1. The van der Waals surface area contributed by atoms with E-state index < -0.39 is 28.6 Å². The molecule has 0 fully saturated rings. The van der Waals surface area contributed by atoms with Crippen LogP contribution in [0.5, 0.6) is 0 Å². The average Bonchev–Trinajstić information content (AvgIpc) is 3.04. The first kappa shape index (κ1) is 25.0. The Kier molecular flexibility index (Phi) is 6.85. The summed E-state index contributed by atoms with van der Waals surface area (Å²) in [5.74, 6) is -2.03. The molecule has 0 atom stereocenters. The Morgan fingerprint density at radius 1 is 0.917 bits per heavy atom. The Morgan fingerprint density at radius 2 is 1.56 bits per heavy atom. The van der Waals surface area contributed by atoms with E-state index in [0.717, 1.165) is 17.7 Å². The van der Waals surface area contributed by atoms with Crippen LogP contribution < -0.4 is 15.5 Å². The minimum absolute atomic E-state index is 0.109. The third-order valence-electron chi connectivity index (χ3n) is 5.38. The van der Waals surface area contributed by atoms with Crippen LogP contribution in [0.15, 0.2) is 83.5 Å². The molecule has 4 rings (SSSR count). The lowest BCUT2D eigenvalue weighted by Gasteiger charge is -2.17. The summed E-state index contributed by atoms with van der Waals surface area (Å²) >= 11 is 6.06. The second-order valence-electron chi connectivity index (χ2n) is 8.10. The Labute approximate surface area is 209 Å². The predicted octanol–water partition coefficient (Wildman–Crippen LogP) is 5.63. The first-order valence-electron chi connectivity index (χ1n) is 10.7. The van der Waals surface area contributed by atoms with E-state index in [1.165, 1.54) is 6.07 Å². The van der Waals surface area contributed by atoms with Crippen LogP contribution in [0.2, 0.25) is 0 Å². The van der Waals surface area contributed by atoms with Gasteiger partial charge in [0.25, 0.3) is 11.8 Å². The maximum atomic E-state index is 13.1. The molecule has 0 saturated carbocycles. The lowest BCUT2D eigenvalue weighted by molar-refractivity contribution is -0.137. The molecule has 0 spiro atoms. The third-order valence-corrected chi connectivity index (χ3v) is 5.73. The zero-order valence-electron chi connectivity index (χ0n) is 18.8. The number of alkyl halides is 3. The smallest absolute Gasteiger partial charge is 0.350 e. The van der Waals surface area contributed by atoms with Gasteiger partial charge in [0.05, 0.1) is 17.7 Å². The van der Waals surface area contributed by atoms with Crippen molar-refractivity contribution in [3.8, 4) is 0 Å². The van der Waals surface area contributed by atoms with Gasteiger partial charge in [-0.15, -0.1) is 0 Å². The van der Waals surface area contributed by atoms with Gasteiger partial charge in [0.15, 0.2) is 0 Å². The maximum Gasteiger partial charge on any atom is 0.416 e. The highest BCUT2D eigenvalue weighted by atomic mass is 35.5.